The molecule has 0 saturated carbocycles. The minimum atomic E-state index is 0.758. The van der Waals surface area contributed by atoms with Crippen molar-refractivity contribution in [2.75, 3.05) is 0 Å². The van der Waals surface area contributed by atoms with Crippen molar-refractivity contribution in [1.82, 2.24) is 14.6 Å². The molecule has 90 valence electrons. The van der Waals surface area contributed by atoms with Gasteiger partial charge in [0.25, 0.3) is 0 Å². The van der Waals surface area contributed by atoms with Crippen LogP contribution in [0.1, 0.15) is 17.1 Å². The first-order valence-electron chi connectivity index (χ1n) is 5.78. The average Bonchev–Trinajstić information content (AvgIpc) is 2.76. The van der Waals surface area contributed by atoms with Crippen LogP contribution in [0.5, 0.6) is 0 Å². The molecule has 0 spiro atoms. The number of fused-ring (bicyclic) bond motifs is 1. The van der Waals surface area contributed by atoms with Crippen molar-refractivity contribution in [1.29, 1.82) is 0 Å². The summed E-state index contributed by atoms with van der Waals surface area (Å²) < 4.78 is 2.97. The van der Waals surface area contributed by atoms with Crippen LogP contribution in [0, 0.1) is 6.92 Å². The maximum Gasteiger partial charge on any atom is 0.156 e. The van der Waals surface area contributed by atoms with Crippen LogP contribution in [0.25, 0.3) is 5.65 Å². The Morgan fingerprint density at radius 2 is 1.89 bits per heavy atom. The Labute approximate surface area is 114 Å². The lowest BCUT2D eigenvalue weighted by Crippen LogP contribution is -1.94. The molecule has 0 N–H and O–H groups in total. The molecule has 3 nitrogen and oxygen atoms in total. The molecule has 4 heteroatoms. The monoisotopic (exact) mass is 301 g/mol. The van der Waals surface area contributed by atoms with Gasteiger partial charge in [0.1, 0.15) is 0 Å². The van der Waals surface area contributed by atoms with Crippen LogP contribution in [0.15, 0.2) is 46.9 Å². The molecule has 3 aromatic rings. The summed E-state index contributed by atoms with van der Waals surface area (Å²) in [6.07, 6.45) is 0.758. The van der Waals surface area contributed by atoms with Gasteiger partial charge in [-0.2, -0.15) is 5.10 Å². The Balaban J connectivity index is 1.95. The second kappa shape index (κ2) is 4.53. The van der Waals surface area contributed by atoms with Gasteiger partial charge in [-0.1, -0.05) is 34.1 Å². The van der Waals surface area contributed by atoms with E-state index < -0.39 is 0 Å². The van der Waals surface area contributed by atoms with Crippen molar-refractivity contribution in [3.63, 3.8) is 0 Å². The molecule has 0 aliphatic carbocycles. The largest absolute Gasteiger partial charge is 0.218 e. The van der Waals surface area contributed by atoms with E-state index in [0.717, 1.165) is 28.1 Å². The van der Waals surface area contributed by atoms with Crippen molar-refractivity contribution >= 4 is 21.6 Å². The predicted octanol–water partition coefficient (Wildman–Crippen LogP) is 3.39. The molecular formula is C14H12BrN3. The van der Waals surface area contributed by atoms with Crippen LogP contribution in [-0.2, 0) is 6.42 Å². The highest BCUT2D eigenvalue weighted by Gasteiger charge is 2.05. The summed E-state index contributed by atoms with van der Waals surface area (Å²) in [4.78, 5) is 4.53. The van der Waals surface area contributed by atoms with Gasteiger partial charge in [0.15, 0.2) is 11.5 Å². The molecule has 0 saturated heterocycles. The number of nitrogens with zero attached hydrogens (tertiary/aromatic N) is 3. The number of hydrogen-bond acceptors (Lipinski definition) is 2. The predicted molar refractivity (Wildman–Crippen MR) is 74.7 cm³/mol. The summed E-state index contributed by atoms with van der Waals surface area (Å²) in [6.45, 7) is 2.03. The van der Waals surface area contributed by atoms with Crippen molar-refractivity contribution < 1.29 is 0 Å². The fourth-order valence-corrected chi connectivity index (χ4v) is 2.20. The van der Waals surface area contributed by atoms with Crippen molar-refractivity contribution in [3.8, 4) is 0 Å². The van der Waals surface area contributed by atoms with E-state index >= 15 is 0 Å². The van der Waals surface area contributed by atoms with Gasteiger partial charge in [0, 0.05) is 16.6 Å². The van der Waals surface area contributed by atoms with E-state index in [1.54, 1.807) is 0 Å². The Kier molecular flexibility index (Phi) is 2.88. The van der Waals surface area contributed by atoms with E-state index in [9.17, 15) is 0 Å². The third-order valence-corrected chi connectivity index (χ3v) is 3.40. The first-order chi connectivity index (χ1) is 8.72. The zero-order valence-corrected chi connectivity index (χ0v) is 11.6. The number of halogens is 1. The summed E-state index contributed by atoms with van der Waals surface area (Å²) in [6, 6.07) is 14.3. The van der Waals surface area contributed by atoms with Gasteiger partial charge >= 0.3 is 0 Å². The molecule has 2 heterocycles. The van der Waals surface area contributed by atoms with Crippen molar-refractivity contribution in [2.45, 2.75) is 13.3 Å². The van der Waals surface area contributed by atoms with Gasteiger partial charge in [0.05, 0.1) is 0 Å². The summed E-state index contributed by atoms with van der Waals surface area (Å²) in [5.74, 6) is 0.853. The molecule has 0 amide bonds. The number of pyridine rings is 1. The zero-order chi connectivity index (χ0) is 12.5. The smallest absolute Gasteiger partial charge is 0.156 e. The maximum atomic E-state index is 4.53. The summed E-state index contributed by atoms with van der Waals surface area (Å²) in [7, 11) is 0. The molecule has 1 aromatic carbocycles. The maximum absolute atomic E-state index is 4.53. The molecule has 3 rings (SSSR count). The highest BCUT2D eigenvalue weighted by atomic mass is 79.9. The van der Waals surface area contributed by atoms with Crippen LogP contribution < -0.4 is 0 Å². The highest BCUT2D eigenvalue weighted by Crippen LogP contribution is 2.13. The number of aryl methyl sites for hydroxylation is 1. The number of benzene rings is 1. The van der Waals surface area contributed by atoms with E-state index in [2.05, 4.69) is 38.1 Å². The Morgan fingerprint density at radius 1 is 1.11 bits per heavy atom. The molecule has 0 aliphatic heterocycles. The normalized spacial score (nSPS) is 11.0. The molecule has 0 radical (unpaired) electrons. The number of rotatable bonds is 2. The van der Waals surface area contributed by atoms with Crippen LogP contribution >= 0.6 is 15.9 Å². The summed E-state index contributed by atoms with van der Waals surface area (Å²) in [5.41, 5.74) is 3.22. The standard InChI is InChI=1S/C14H12BrN3/c1-10-3-2-4-14-16-13(17-18(10)14)9-11-5-7-12(15)8-6-11/h2-8H,9H2,1H3. The summed E-state index contributed by atoms with van der Waals surface area (Å²) >= 11 is 3.43. The third kappa shape index (κ3) is 2.16. The van der Waals surface area contributed by atoms with Gasteiger partial charge in [-0.3, -0.25) is 0 Å². The Morgan fingerprint density at radius 3 is 2.61 bits per heavy atom. The quantitative estimate of drug-likeness (QED) is 0.726. The first-order valence-corrected chi connectivity index (χ1v) is 6.57. The minimum absolute atomic E-state index is 0.758. The molecular weight excluding hydrogens is 290 g/mol. The van der Waals surface area contributed by atoms with Crippen LogP contribution in [-0.4, -0.2) is 14.6 Å². The molecule has 2 aromatic heterocycles. The minimum Gasteiger partial charge on any atom is -0.218 e. The topological polar surface area (TPSA) is 30.2 Å². The van der Waals surface area contributed by atoms with E-state index in [-0.39, 0.29) is 0 Å². The van der Waals surface area contributed by atoms with E-state index in [1.807, 2.05) is 41.8 Å². The van der Waals surface area contributed by atoms with Crippen LogP contribution in [0.2, 0.25) is 0 Å². The second-order valence-corrected chi connectivity index (χ2v) is 5.18. The van der Waals surface area contributed by atoms with Crippen molar-refractivity contribution in [3.05, 3.63) is 64.0 Å². The van der Waals surface area contributed by atoms with E-state index in [4.69, 9.17) is 0 Å². The Hall–Kier alpha value is -1.68. The lowest BCUT2D eigenvalue weighted by atomic mass is 10.1. The number of aromatic nitrogens is 3. The molecule has 0 atom stereocenters. The average molecular weight is 302 g/mol. The molecule has 0 bridgehead atoms. The lowest BCUT2D eigenvalue weighted by Gasteiger charge is -1.97. The van der Waals surface area contributed by atoms with Gasteiger partial charge in [0.2, 0.25) is 0 Å². The van der Waals surface area contributed by atoms with Gasteiger partial charge in [-0.05, 0) is 36.8 Å². The molecule has 0 fully saturated rings. The molecule has 18 heavy (non-hydrogen) atoms. The second-order valence-electron chi connectivity index (χ2n) is 4.27. The zero-order valence-electron chi connectivity index (χ0n) is 9.97. The third-order valence-electron chi connectivity index (χ3n) is 2.87. The molecule has 0 aliphatic rings. The summed E-state index contributed by atoms with van der Waals surface area (Å²) in [5, 5.41) is 4.52. The highest BCUT2D eigenvalue weighted by molar-refractivity contribution is 9.10. The fraction of sp³-hybridized carbons (Fsp3) is 0.143. The molecule has 0 unspecified atom stereocenters. The van der Waals surface area contributed by atoms with E-state index in [1.165, 1.54) is 5.56 Å². The number of hydrogen-bond donors (Lipinski definition) is 0. The SMILES string of the molecule is Cc1cccc2nc(Cc3ccc(Br)cc3)nn12. The van der Waals surface area contributed by atoms with E-state index in [0.29, 0.717) is 0 Å². The van der Waals surface area contributed by atoms with Gasteiger partial charge in [-0.15, -0.1) is 0 Å². The van der Waals surface area contributed by atoms with Crippen molar-refractivity contribution in [2.24, 2.45) is 0 Å². The fourth-order valence-electron chi connectivity index (χ4n) is 1.94. The van der Waals surface area contributed by atoms with Gasteiger partial charge in [-0.25, -0.2) is 9.50 Å². The van der Waals surface area contributed by atoms with Crippen LogP contribution in [0.3, 0.4) is 0 Å². The van der Waals surface area contributed by atoms with Crippen LogP contribution in [0.4, 0.5) is 0 Å². The first kappa shape index (κ1) is 11.4. The lowest BCUT2D eigenvalue weighted by molar-refractivity contribution is 0.870. The van der Waals surface area contributed by atoms with Gasteiger partial charge < -0.3 is 0 Å². The Bertz CT molecular complexity index is 686.